The van der Waals surface area contributed by atoms with E-state index in [2.05, 4.69) is 10.3 Å². The molecule has 1 aromatic heterocycles. The average molecular weight is 449 g/mol. The molecular formula is C18H19N5O7S. The molecule has 0 spiro atoms. The van der Waals surface area contributed by atoms with Gasteiger partial charge in [-0.05, 0) is 18.1 Å². The minimum absolute atomic E-state index is 0.0671. The Bertz CT molecular complexity index is 1350. The maximum atomic E-state index is 12.7. The van der Waals surface area contributed by atoms with Crippen LogP contribution in [0.2, 0.25) is 0 Å². The second kappa shape index (κ2) is 8.57. The summed E-state index contributed by atoms with van der Waals surface area (Å²) >= 11 is 0. The Morgan fingerprint density at radius 2 is 1.90 bits per heavy atom. The molecule has 0 radical (unpaired) electrons. The van der Waals surface area contributed by atoms with Gasteiger partial charge in [0.25, 0.3) is 11.2 Å². The molecule has 164 valence electrons. The fourth-order valence-corrected chi connectivity index (χ4v) is 3.55. The van der Waals surface area contributed by atoms with Crippen molar-refractivity contribution in [1.82, 2.24) is 9.66 Å². The number of hydrogen-bond donors (Lipinski definition) is 4. The van der Waals surface area contributed by atoms with Gasteiger partial charge in [-0.25, -0.2) is 18.0 Å². The Morgan fingerprint density at radius 1 is 1.23 bits per heavy atom. The molecule has 0 saturated heterocycles. The topological polar surface area (TPSA) is 176 Å². The van der Waals surface area contributed by atoms with Crippen molar-refractivity contribution in [3.8, 4) is 0 Å². The van der Waals surface area contributed by atoms with Crippen molar-refractivity contribution in [1.29, 1.82) is 0 Å². The van der Waals surface area contributed by atoms with Crippen molar-refractivity contribution in [2.24, 2.45) is 0 Å². The van der Waals surface area contributed by atoms with Gasteiger partial charge in [-0.3, -0.25) is 14.9 Å². The summed E-state index contributed by atoms with van der Waals surface area (Å²) < 4.78 is 23.2. The largest absolute Gasteiger partial charge is 0.394 e. The summed E-state index contributed by atoms with van der Waals surface area (Å²) in [4.78, 5) is 39.7. The molecule has 0 unspecified atom stereocenters. The zero-order valence-electron chi connectivity index (χ0n) is 16.2. The third-order valence-electron chi connectivity index (χ3n) is 4.37. The van der Waals surface area contributed by atoms with Crippen LogP contribution in [-0.4, -0.2) is 47.0 Å². The third kappa shape index (κ3) is 5.07. The van der Waals surface area contributed by atoms with Crippen LogP contribution in [0, 0.1) is 10.1 Å². The molecule has 1 atom stereocenters. The molecular weight excluding hydrogens is 430 g/mol. The van der Waals surface area contributed by atoms with E-state index in [-0.39, 0.29) is 27.9 Å². The smallest absolute Gasteiger partial charge is 0.348 e. The number of hydrogen-bond acceptors (Lipinski definition) is 8. The molecule has 31 heavy (non-hydrogen) atoms. The molecule has 0 aliphatic rings. The number of nitrogens with one attached hydrogen (secondary N) is 3. The highest BCUT2D eigenvalue weighted by Gasteiger charge is 2.21. The molecule has 13 heteroatoms. The van der Waals surface area contributed by atoms with Crippen LogP contribution >= 0.6 is 0 Å². The number of aromatic amines is 1. The molecule has 0 saturated carbocycles. The Balaban J connectivity index is 2.10. The van der Waals surface area contributed by atoms with E-state index in [1.807, 2.05) is 30.3 Å². The van der Waals surface area contributed by atoms with E-state index in [4.69, 9.17) is 0 Å². The van der Waals surface area contributed by atoms with Crippen LogP contribution in [0.5, 0.6) is 0 Å². The molecule has 2 aromatic carbocycles. The van der Waals surface area contributed by atoms with Crippen molar-refractivity contribution in [3.63, 3.8) is 0 Å². The number of nitrogens with zero attached hydrogens (tertiary/aromatic N) is 2. The molecule has 12 nitrogen and oxygen atoms in total. The molecule has 0 bridgehead atoms. The van der Waals surface area contributed by atoms with E-state index in [0.717, 1.165) is 24.0 Å². The number of anilines is 1. The maximum Gasteiger partial charge on any atom is 0.348 e. The summed E-state index contributed by atoms with van der Waals surface area (Å²) in [5.74, 6) is 0. The Labute approximate surface area is 175 Å². The van der Waals surface area contributed by atoms with Gasteiger partial charge in [0.05, 0.1) is 34.7 Å². The number of aromatic nitrogens is 2. The van der Waals surface area contributed by atoms with Crippen molar-refractivity contribution in [2.75, 3.05) is 23.0 Å². The zero-order valence-corrected chi connectivity index (χ0v) is 17.0. The first kappa shape index (κ1) is 22.0. The van der Waals surface area contributed by atoms with E-state index in [0.29, 0.717) is 6.42 Å². The monoisotopic (exact) mass is 449 g/mol. The van der Waals surface area contributed by atoms with Gasteiger partial charge < -0.3 is 15.4 Å². The number of H-pyrrole nitrogens is 1. The second-order valence-electron chi connectivity index (χ2n) is 6.82. The molecule has 3 rings (SSSR count). The van der Waals surface area contributed by atoms with Crippen LogP contribution in [0.25, 0.3) is 10.9 Å². The Morgan fingerprint density at radius 3 is 2.48 bits per heavy atom. The lowest BCUT2D eigenvalue weighted by Gasteiger charge is -2.18. The van der Waals surface area contributed by atoms with Crippen LogP contribution in [0.4, 0.5) is 11.4 Å². The number of fused-ring (bicyclic) bond motifs is 1. The lowest BCUT2D eigenvalue weighted by molar-refractivity contribution is -0.383. The Kier molecular flexibility index (Phi) is 6.08. The van der Waals surface area contributed by atoms with Crippen LogP contribution in [-0.2, 0) is 16.4 Å². The lowest BCUT2D eigenvalue weighted by Crippen LogP contribution is -2.43. The van der Waals surface area contributed by atoms with Crippen LogP contribution in [0.15, 0.2) is 52.1 Å². The van der Waals surface area contributed by atoms with Crippen molar-refractivity contribution in [2.45, 2.75) is 12.5 Å². The highest BCUT2D eigenvalue weighted by Crippen LogP contribution is 2.28. The van der Waals surface area contributed by atoms with E-state index < -0.39 is 37.9 Å². The minimum atomic E-state index is -3.94. The summed E-state index contributed by atoms with van der Waals surface area (Å²) in [5, 5.41) is 24.0. The van der Waals surface area contributed by atoms with Gasteiger partial charge >= 0.3 is 5.69 Å². The normalized spacial score (nSPS) is 12.5. The highest BCUT2D eigenvalue weighted by molar-refractivity contribution is 7.91. The van der Waals surface area contributed by atoms with E-state index >= 15 is 0 Å². The Hall–Kier alpha value is -3.71. The molecule has 3 aromatic rings. The standard InChI is InChI=1S/C18H19N5O7S/c1-31(29,30)21-22-17(25)13-8-15(16(23(27)28)9-14(13)20-18(22)26)19-12(10-24)7-11-5-3-2-4-6-11/h2-6,8-9,12,19,21,24H,7,10H2,1H3,(H,20,26)/t12-/m1/s1. The average Bonchev–Trinajstić information content (AvgIpc) is 2.70. The SMILES string of the molecule is CS(=O)(=O)Nn1c(=O)[nH]c2cc([N+](=O)[O-])c(N[C@@H](CO)Cc3ccccc3)cc2c1=O. The van der Waals surface area contributed by atoms with Gasteiger partial charge in [-0.15, -0.1) is 0 Å². The molecule has 0 aliphatic heterocycles. The number of aliphatic hydroxyl groups excluding tert-OH is 1. The van der Waals surface area contributed by atoms with Gasteiger partial charge in [0, 0.05) is 6.07 Å². The van der Waals surface area contributed by atoms with Gasteiger partial charge in [-0.2, -0.15) is 4.68 Å². The van der Waals surface area contributed by atoms with E-state index in [1.165, 1.54) is 0 Å². The summed E-state index contributed by atoms with van der Waals surface area (Å²) in [7, 11) is -3.94. The number of benzene rings is 2. The summed E-state index contributed by atoms with van der Waals surface area (Å²) in [6.45, 7) is -0.352. The van der Waals surface area contributed by atoms with Crippen molar-refractivity contribution in [3.05, 3.63) is 79.0 Å². The van der Waals surface area contributed by atoms with Gasteiger partial charge in [-0.1, -0.05) is 30.3 Å². The molecule has 0 fully saturated rings. The van der Waals surface area contributed by atoms with Crippen molar-refractivity contribution < 1.29 is 18.4 Å². The summed E-state index contributed by atoms with van der Waals surface area (Å²) in [6, 6.07) is 10.7. The number of nitro benzene ring substituents is 1. The number of rotatable bonds is 8. The maximum absolute atomic E-state index is 12.7. The van der Waals surface area contributed by atoms with Crippen LogP contribution in [0.3, 0.4) is 0 Å². The second-order valence-corrected chi connectivity index (χ2v) is 8.55. The zero-order chi connectivity index (χ0) is 22.8. The van der Waals surface area contributed by atoms with Crippen molar-refractivity contribution >= 4 is 32.3 Å². The minimum Gasteiger partial charge on any atom is -0.394 e. The molecule has 0 aliphatic carbocycles. The van der Waals surface area contributed by atoms with Crippen LogP contribution < -0.4 is 21.4 Å². The molecule has 1 heterocycles. The third-order valence-corrected chi connectivity index (χ3v) is 4.89. The lowest BCUT2D eigenvalue weighted by atomic mass is 10.1. The van der Waals surface area contributed by atoms with Gasteiger partial charge in [0.15, 0.2) is 0 Å². The predicted molar refractivity (Wildman–Crippen MR) is 114 cm³/mol. The predicted octanol–water partition coefficient (Wildman–Crippen LogP) is 0.117. The first-order valence-corrected chi connectivity index (χ1v) is 10.8. The quantitative estimate of drug-likeness (QED) is 0.277. The fourth-order valence-electron chi connectivity index (χ4n) is 3.05. The molecule has 4 N–H and O–H groups in total. The van der Waals surface area contributed by atoms with Crippen LogP contribution in [0.1, 0.15) is 5.56 Å². The van der Waals surface area contributed by atoms with Gasteiger partial charge in [0.1, 0.15) is 5.69 Å². The highest BCUT2D eigenvalue weighted by atomic mass is 32.2. The molecule has 0 amide bonds. The summed E-state index contributed by atoms with van der Waals surface area (Å²) in [5.41, 5.74) is -1.87. The summed E-state index contributed by atoms with van der Waals surface area (Å²) in [6.07, 6.45) is 1.11. The van der Waals surface area contributed by atoms with Gasteiger partial charge in [0.2, 0.25) is 10.0 Å². The van der Waals surface area contributed by atoms with E-state index in [1.54, 1.807) is 4.83 Å². The first-order valence-electron chi connectivity index (χ1n) is 8.95. The number of sulfonamides is 1. The first-order chi connectivity index (χ1) is 14.6. The number of aliphatic hydroxyl groups is 1. The fraction of sp³-hybridized carbons (Fsp3) is 0.222. The van der Waals surface area contributed by atoms with E-state index in [9.17, 15) is 33.2 Å². The number of nitro groups is 1.